The number of nitro groups is 1. The van der Waals surface area contributed by atoms with Crippen LogP contribution in [0.25, 0.3) is 0 Å². The normalized spacial score (nSPS) is 11.1. The lowest BCUT2D eigenvalue weighted by Crippen LogP contribution is -2.14. The van der Waals surface area contributed by atoms with Gasteiger partial charge in [0.2, 0.25) is 10.0 Å². The number of sulfonamides is 1. The van der Waals surface area contributed by atoms with E-state index in [2.05, 4.69) is 0 Å². The van der Waals surface area contributed by atoms with Gasteiger partial charge in [0.1, 0.15) is 12.4 Å². The van der Waals surface area contributed by atoms with Crippen LogP contribution in [0.4, 0.5) is 10.1 Å². The fraction of sp³-hybridized carbons (Fsp3) is 0.0714. The van der Waals surface area contributed by atoms with Crippen molar-refractivity contribution in [1.29, 1.82) is 0 Å². The monoisotopic (exact) mass is 354 g/mol. The summed E-state index contributed by atoms with van der Waals surface area (Å²) < 4.78 is 41.0. The van der Waals surface area contributed by atoms with Crippen molar-refractivity contribution in [2.75, 3.05) is 0 Å². The smallest absolute Gasteiger partial charge is 0.341 e. The lowest BCUT2D eigenvalue weighted by molar-refractivity contribution is -0.384. The lowest BCUT2D eigenvalue weighted by atomic mass is 10.2. The fourth-order valence-corrected chi connectivity index (χ4v) is 2.32. The molecule has 0 saturated heterocycles. The third-order valence-electron chi connectivity index (χ3n) is 3.00. The van der Waals surface area contributed by atoms with Gasteiger partial charge in [0.05, 0.1) is 15.4 Å². The van der Waals surface area contributed by atoms with Gasteiger partial charge >= 0.3 is 5.97 Å². The Morgan fingerprint density at radius 2 is 1.83 bits per heavy atom. The van der Waals surface area contributed by atoms with Gasteiger partial charge in [0.25, 0.3) is 5.69 Å². The molecule has 0 heterocycles. The molecule has 0 radical (unpaired) electrons. The van der Waals surface area contributed by atoms with Crippen LogP contribution in [0.1, 0.15) is 15.9 Å². The van der Waals surface area contributed by atoms with E-state index in [0.29, 0.717) is 5.56 Å². The van der Waals surface area contributed by atoms with Gasteiger partial charge < -0.3 is 4.74 Å². The largest absolute Gasteiger partial charge is 0.457 e. The molecule has 0 aromatic heterocycles. The third kappa shape index (κ3) is 4.12. The van der Waals surface area contributed by atoms with Gasteiger partial charge in [-0.3, -0.25) is 10.1 Å². The summed E-state index contributed by atoms with van der Waals surface area (Å²) in [5, 5.41) is 15.5. The number of rotatable bonds is 5. The molecule has 24 heavy (non-hydrogen) atoms. The minimum atomic E-state index is -4.09. The average Bonchev–Trinajstić information content (AvgIpc) is 2.52. The van der Waals surface area contributed by atoms with Crippen molar-refractivity contribution >= 4 is 21.7 Å². The number of primary sulfonamides is 1. The Hall–Kier alpha value is -2.85. The van der Waals surface area contributed by atoms with E-state index in [1.165, 1.54) is 24.3 Å². The van der Waals surface area contributed by atoms with E-state index in [1.54, 1.807) is 0 Å². The molecule has 2 N–H and O–H groups in total. The van der Waals surface area contributed by atoms with Gasteiger partial charge in [0, 0.05) is 12.1 Å². The molecule has 2 aromatic carbocycles. The van der Waals surface area contributed by atoms with Crippen molar-refractivity contribution in [3.8, 4) is 0 Å². The summed E-state index contributed by atoms with van der Waals surface area (Å²) >= 11 is 0. The second-order valence-corrected chi connectivity index (χ2v) is 6.25. The van der Waals surface area contributed by atoms with Crippen molar-refractivity contribution in [3.63, 3.8) is 0 Å². The molecule has 126 valence electrons. The quantitative estimate of drug-likeness (QED) is 0.494. The fourth-order valence-electron chi connectivity index (χ4n) is 1.78. The van der Waals surface area contributed by atoms with Gasteiger partial charge in [-0.05, 0) is 35.9 Å². The second kappa shape index (κ2) is 6.72. The van der Waals surface area contributed by atoms with Crippen molar-refractivity contribution in [1.82, 2.24) is 0 Å². The zero-order valence-electron chi connectivity index (χ0n) is 12.0. The van der Waals surface area contributed by atoms with Crippen LogP contribution in [-0.4, -0.2) is 19.3 Å². The molecule has 0 unspecified atom stereocenters. The molecule has 0 aliphatic carbocycles. The molecule has 10 heteroatoms. The first-order valence-electron chi connectivity index (χ1n) is 6.41. The van der Waals surface area contributed by atoms with Gasteiger partial charge in [-0.1, -0.05) is 0 Å². The summed E-state index contributed by atoms with van der Waals surface area (Å²) in [5.74, 6) is -2.05. The van der Waals surface area contributed by atoms with E-state index < -0.39 is 37.2 Å². The summed E-state index contributed by atoms with van der Waals surface area (Å²) in [6.45, 7) is -0.268. The number of carbonyl (C=O) groups is 1. The molecule has 8 nitrogen and oxygen atoms in total. The molecule has 0 aliphatic heterocycles. The molecule has 0 aliphatic rings. The van der Waals surface area contributed by atoms with E-state index in [1.807, 2.05) is 0 Å². The Morgan fingerprint density at radius 1 is 1.21 bits per heavy atom. The van der Waals surface area contributed by atoms with Crippen molar-refractivity contribution in [2.45, 2.75) is 11.5 Å². The minimum Gasteiger partial charge on any atom is -0.457 e. The SMILES string of the molecule is NS(=O)(=O)c1ccc(F)c(C(=O)OCc2ccc([N+](=O)[O-])cc2)c1. The Labute approximate surface area is 135 Å². The van der Waals surface area contributed by atoms with E-state index in [4.69, 9.17) is 9.88 Å². The van der Waals surface area contributed by atoms with Crippen LogP contribution in [0.2, 0.25) is 0 Å². The third-order valence-corrected chi connectivity index (χ3v) is 3.91. The second-order valence-electron chi connectivity index (χ2n) is 4.69. The van der Waals surface area contributed by atoms with Crippen LogP contribution in [0.5, 0.6) is 0 Å². The molecule has 0 amide bonds. The van der Waals surface area contributed by atoms with Crippen LogP contribution in [0.15, 0.2) is 47.4 Å². The highest BCUT2D eigenvalue weighted by atomic mass is 32.2. The number of ether oxygens (including phenoxy) is 1. The molecule has 2 aromatic rings. The molecule has 0 spiro atoms. The highest BCUT2D eigenvalue weighted by Crippen LogP contribution is 2.17. The zero-order valence-corrected chi connectivity index (χ0v) is 12.8. The number of nitrogens with two attached hydrogens (primary N) is 1. The number of nitrogens with zero attached hydrogens (tertiary/aromatic N) is 1. The maximum absolute atomic E-state index is 13.7. The molecule has 0 saturated carbocycles. The zero-order chi connectivity index (χ0) is 17.9. The molecular weight excluding hydrogens is 343 g/mol. The van der Waals surface area contributed by atoms with Crippen molar-refractivity contribution < 1.29 is 27.3 Å². The van der Waals surface area contributed by atoms with Gasteiger partial charge in [0.15, 0.2) is 0 Å². The Kier molecular flexibility index (Phi) is 4.90. The number of nitro benzene ring substituents is 1. The number of non-ortho nitro benzene ring substituents is 1. The average molecular weight is 354 g/mol. The topological polar surface area (TPSA) is 130 Å². The van der Waals surface area contributed by atoms with Crippen LogP contribution < -0.4 is 5.14 Å². The summed E-state index contributed by atoms with van der Waals surface area (Å²) in [6, 6.07) is 7.71. The number of hydrogen-bond acceptors (Lipinski definition) is 6. The predicted molar refractivity (Wildman–Crippen MR) is 80.0 cm³/mol. The number of benzene rings is 2. The lowest BCUT2D eigenvalue weighted by Gasteiger charge is -2.07. The van der Waals surface area contributed by atoms with E-state index >= 15 is 0 Å². The summed E-state index contributed by atoms with van der Waals surface area (Å²) in [6.07, 6.45) is 0. The summed E-state index contributed by atoms with van der Waals surface area (Å²) in [4.78, 5) is 21.4. The molecule has 0 fully saturated rings. The Morgan fingerprint density at radius 3 is 2.38 bits per heavy atom. The van der Waals surface area contributed by atoms with Crippen LogP contribution in [0, 0.1) is 15.9 Å². The highest BCUT2D eigenvalue weighted by Gasteiger charge is 2.18. The van der Waals surface area contributed by atoms with Crippen LogP contribution in [0.3, 0.4) is 0 Å². The first-order chi connectivity index (χ1) is 11.2. The maximum Gasteiger partial charge on any atom is 0.341 e. The first kappa shape index (κ1) is 17.5. The Balaban J connectivity index is 2.14. The highest BCUT2D eigenvalue weighted by molar-refractivity contribution is 7.89. The first-order valence-corrected chi connectivity index (χ1v) is 7.96. The van der Waals surface area contributed by atoms with Gasteiger partial charge in [-0.25, -0.2) is 22.7 Å². The standard InChI is InChI=1S/C14H11FN2O6S/c15-13-6-5-11(24(16,21)22)7-12(13)14(18)23-8-9-1-3-10(4-2-9)17(19)20/h1-7H,8H2,(H2,16,21,22). The number of esters is 1. The maximum atomic E-state index is 13.7. The molecule has 0 atom stereocenters. The van der Waals surface area contributed by atoms with Crippen molar-refractivity contribution in [2.24, 2.45) is 5.14 Å². The van der Waals surface area contributed by atoms with E-state index in [-0.39, 0.29) is 12.3 Å². The van der Waals surface area contributed by atoms with Crippen LogP contribution >= 0.6 is 0 Å². The Bertz CT molecular complexity index is 896. The molecular formula is C14H11FN2O6S. The van der Waals surface area contributed by atoms with Gasteiger partial charge in [-0.15, -0.1) is 0 Å². The van der Waals surface area contributed by atoms with E-state index in [0.717, 1.165) is 18.2 Å². The predicted octanol–water partition coefficient (Wildman–Crippen LogP) is 1.74. The number of halogens is 1. The molecule has 0 bridgehead atoms. The number of carbonyl (C=O) groups excluding carboxylic acids is 1. The molecule has 2 rings (SSSR count). The van der Waals surface area contributed by atoms with Gasteiger partial charge in [-0.2, -0.15) is 0 Å². The van der Waals surface area contributed by atoms with E-state index in [9.17, 15) is 27.7 Å². The van der Waals surface area contributed by atoms with Crippen LogP contribution in [-0.2, 0) is 21.4 Å². The number of hydrogen-bond donors (Lipinski definition) is 1. The van der Waals surface area contributed by atoms with Crippen molar-refractivity contribution in [3.05, 3.63) is 69.5 Å². The summed E-state index contributed by atoms with van der Waals surface area (Å²) in [7, 11) is -4.09. The minimum absolute atomic E-state index is 0.128. The summed E-state index contributed by atoms with van der Waals surface area (Å²) in [5.41, 5.74) is -0.266.